The Balaban J connectivity index is 0.000000168. The highest BCUT2D eigenvalue weighted by atomic mass is 19.3. The van der Waals surface area contributed by atoms with Gasteiger partial charge in [0.25, 0.3) is 0 Å². The number of alkyl halides is 4. The number of hydrogen-bond acceptors (Lipinski definition) is 10. The molecule has 3 fully saturated rings. The normalized spacial score (nSPS) is 20.6. The van der Waals surface area contributed by atoms with E-state index in [1.54, 1.807) is 18.2 Å². The summed E-state index contributed by atoms with van der Waals surface area (Å²) in [7, 11) is 0. The first-order valence-electron chi connectivity index (χ1n) is 24.5. The first-order valence-corrected chi connectivity index (χ1v) is 24.5. The molecule has 4 N–H and O–H groups in total. The molecule has 0 spiro atoms. The zero-order chi connectivity index (χ0) is 52.3. The minimum Gasteiger partial charge on any atom is -0.395 e. The Morgan fingerprint density at radius 2 is 1.08 bits per heavy atom. The number of aliphatic hydroxyl groups is 2. The first kappa shape index (κ1) is 50.2. The third kappa shape index (κ3) is 9.81. The van der Waals surface area contributed by atoms with Crippen LogP contribution in [0.1, 0.15) is 104 Å². The predicted octanol–water partition coefficient (Wildman–Crippen LogP) is 10.4. The van der Waals surface area contributed by atoms with Crippen molar-refractivity contribution in [2.24, 2.45) is 0 Å². The molecular formula is C55H60F4N4O10. The predicted molar refractivity (Wildman–Crippen MR) is 264 cm³/mol. The summed E-state index contributed by atoms with van der Waals surface area (Å²) in [6.07, 6.45) is -5.89. The van der Waals surface area contributed by atoms with Crippen LogP contribution in [0.3, 0.4) is 0 Å². The Kier molecular flexibility index (Phi) is 12.0. The van der Waals surface area contributed by atoms with Crippen LogP contribution in [0.4, 0.5) is 28.9 Å². The van der Waals surface area contributed by atoms with Gasteiger partial charge in [-0.15, -0.1) is 17.6 Å². The smallest absolute Gasteiger partial charge is 0.395 e. The Labute approximate surface area is 419 Å². The first-order chi connectivity index (χ1) is 34.2. The number of halogens is 4. The molecule has 18 heteroatoms. The second kappa shape index (κ2) is 17.4. The van der Waals surface area contributed by atoms with Gasteiger partial charge in [0.05, 0.1) is 43.2 Å². The van der Waals surface area contributed by atoms with E-state index in [4.69, 9.17) is 9.47 Å². The summed E-state index contributed by atoms with van der Waals surface area (Å²) < 4.78 is 88.0. The molecule has 1 saturated heterocycles. The van der Waals surface area contributed by atoms with Crippen LogP contribution in [0.15, 0.2) is 84.9 Å². The number of amides is 2. The van der Waals surface area contributed by atoms with Crippen LogP contribution in [-0.2, 0) is 53.8 Å². The summed E-state index contributed by atoms with van der Waals surface area (Å²) in [6, 6.07) is 24.7. The molecule has 5 heterocycles. The number of aliphatic hydroxyl groups excluding tert-OH is 2. The van der Waals surface area contributed by atoms with Crippen molar-refractivity contribution < 1.29 is 65.8 Å². The van der Waals surface area contributed by atoms with Gasteiger partial charge in [0, 0.05) is 55.4 Å². The maximum atomic E-state index is 13.5. The summed E-state index contributed by atoms with van der Waals surface area (Å²) in [5.74, 6) is -1.18. The van der Waals surface area contributed by atoms with E-state index < -0.39 is 35.3 Å². The lowest BCUT2D eigenvalue weighted by atomic mass is 9.92. The fraction of sp³-hybridized carbons (Fsp3) is 0.455. The summed E-state index contributed by atoms with van der Waals surface area (Å²) in [4.78, 5) is 26.7. The monoisotopic (exact) mass is 1010 g/mol. The molecule has 2 atom stereocenters. The number of carbonyl (C=O) groups is 2. The number of hydrogen-bond donors (Lipinski definition) is 4. The Bertz CT molecular complexity index is 3160. The number of carbonyl (C=O) groups excluding carboxylic acids is 2. The quantitative estimate of drug-likeness (QED) is 0.0919. The maximum Gasteiger partial charge on any atom is 0.586 e. The van der Waals surface area contributed by atoms with Crippen molar-refractivity contribution in [2.45, 2.75) is 146 Å². The maximum absolute atomic E-state index is 13.5. The number of fused-ring (bicyclic) bond motifs is 4. The number of ether oxygens (including phenoxy) is 6. The van der Waals surface area contributed by atoms with E-state index in [1.165, 1.54) is 30.0 Å². The molecule has 11 rings (SSSR count). The number of nitrogens with zero attached hydrogens (tertiary/aromatic N) is 2. The van der Waals surface area contributed by atoms with Gasteiger partial charge in [0.2, 0.25) is 11.8 Å². The van der Waals surface area contributed by atoms with Crippen molar-refractivity contribution in [2.75, 3.05) is 23.8 Å². The molecule has 6 aromatic rings. The number of benzene rings is 4. The molecule has 2 amide bonds. The second-order valence-electron chi connectivity index (χ2n) is 22.3. The van der Waals surface area contributed by atoms with Gasteiger partial charge in [0.15, 0.2) is 28.8 Å². The van der Waals surface area contributed by atoms with Gasteiger partial charge >= 0.3 is 12.6 Å². The highest BCUT2D eigenvalue weighted by molar-refractivity contribution is 6.04. The molecule has 0 unspecified atom stereocenters. The van der Waals surface area contributed by atoms with E-state index in [1.807, 2.05) is 54.8 Å². The minimum atomic E-state index is -3.70. The molecule has 2 aliphatic carbocycles. The van der Waals surface area contributed by atoms with Crippen molar-refractivity contribution in [3.63, 3.8) is 0 Å². The van der Waals surface area contributed by atoms with Gasteiger partial charge < -0.3 is 58.4 Å². The van der Waals surface area contributed by atoms with Gasteiger partial charge in [0.1, 0.15) is 6.10 Å². The molecule has 3 aliphatic heterocycles. The third-order valence-electron chi connectivity index (χ3n) is 14.2. The van der Waals surface area contributed by atoms with E-state index in [0.29, 0.717) is 61.3 Å². The largest absolute Gasteiger partial charge is 0.586 e. The molecule has 0 bridgehead atoms. The van der Waals surface area contributed by atoms with E-state index in [2.05, 4.69) is 81.8 Å². The van der Waals surface area contributed by atoms with Crippen LogP contribution >= 0.6 is 0 Å². The molecule has 2 saturated carbocycles. The van der Waals surface area contributed by atoms with Gasteiger partial charge in [-0.3, -0.25) is 9.59 Å². The Hall–Kier alpha value is -6.34. The van der Waals surface area contributed by atoms with Crippen LogP contribution in [0.25, 0.3) is 21.8 Å². The molecular weight excluding hydrogens is 953 g/mol. The summed E-state index contributed by atoms with van der Waals surface area (Å²) in [6.45, 7) is 17.7. The molecule has 4 aromatic carbocycles. The molecule has 388 valence electrons. The van der Waals surface area contributed by atoms with Crippen LogP contribution < -0.4 is 29.6 Å². The fourth-order valence-corrected chi connectivity index (χ4v) is 10.2. The Morgan fingerprint density at radius 1 is 0.644 bits per heavy atom. The lowest BCUT2D eigenvalue weighted by Gasteiger charge is -2.24. The summed E-state index contributed by atoms with van der Waals surface area (Å²) >= 11 is 0. The van der Waals surface area contributed by atoms with E-state index in [0.717, 1.165) is 27.5 Å². The second-order valence-corrected chi connectivity index (χ2v) is 22.3. The van der Waals surface area contributed by atoms with Crippen molar-refractivity contribution in [3.8, 4) is 23.0 Å². The Morgan fingerprint density at radius 3 is 1.49 bits per heavy atom. The zero-order valence-electron chi connectivity index (χ0n) is 42.0. The average Bonchev–Trinajstić information content (AvgIpc) is 4.10. The number of aromatic nitrogens is 2. The van der Waals surface area contributed by atoms with E-state index in [-0.39, 0.29) is 64.9 Å². The highest BCUT2D eigenvalue weighted by Crippen LogP contribution is 2.54. The number of rotatable bonds is 11. The van der Waals surface area contributed by atoms with Crippen LogP contribution in [0, 0.1) is 0 Å². The highest BCUT2D eigenvalue weighted by Gasteiger charge is 2.54. The van der Waals surface area contributed by atoms with Crippen LogP contribution in [0.2, 0.25) is 0 Å². The summed E-state index contributed by atoms with van der Waals surface area (Å²) in [5, 5.41) is 27.3. The molecule has 14 nitrogen and oxygen atoms in total. The van der Waals surface area contributed by atoms with Crippen molar-refractivity contribution in [1.82, 2.24) is 9.13 Å². The van der Waals surface area contributed by atoms with Gasteiger partial charge in [-0.2, -0.15) is 0 Å². The van der Waals surface area contributed by atoms with E-state index in [9.17, 15) is 37.4 Å². The van der Waals surface area contributed by atoms with Crippen molar-refractivity contribution in [3.05, 3.63) is 107 Å². The molecule has 5 aliphatic rings. The average molecular weight is 1010 g/mol. The van der Waals surface area contributed by atoms with Gasteiger partial charge in [-0.25, -0.2) is 0 Å². The molecule has 2 aromatic heterocycles. The van der Waals surface area contributed by atoms with Crippen molar-refractivity contribution >= 4 is 45.0 Å². The number of nitrogens with one attached hydrogen (secondary N) is 2. The van der Waals surface area contributed by atoms with Gasteiger partial charge in [-0.05, 0) is 123 Å². The third-order valence-corrected chi connectivity index (χ3v) is 14.2. The number of anilines is 2. The topological polar surface area (TPSA) is 164 Å². The van der Waals surface area contributed by atoms with Crippen LogP contribution in [-0.4, -0.2) is 75.0 Å². The standard InChI is InChI=1S/C29H32F2N2O5.C26H28F2N2O5/c1-26(2,3)24-13-17-12-19(7-8-21(17)33(24)15-20-16-35-27(4,5)36-20)32-25(34)28(10-11-28)18-6-9-22-23(14-18)38-29(30,31)37-22;1-24(2,3)22-11-15-10-17(5-6-19(15)30(22)13-18(32)14-31)29-23(33)25(8-9-25)16-4-7-20-21(12-16)35-26(27,28)34-20/h6-9,12-14,20H,10-11,15-16H2,1-5H3,(H,32,34);4-7,10-12,18,31-32H,8-9,13-14H2,1-3H3,(H,29,33)/t20-;18-/m11/s1. The van der Waals surface area contributed by atoms with Crippen molar-refractivity contribution in [1.29, 1.82) is 0 Å². The van der Waals surface area contributed by atoms with Crippen LogP contribution in [0.5, 0.6) is 23.0 Å². The van der Waals surface area contributed by atoms with Gasteiger partial charge in [-0.1, -0.05) is 53.7 Å². The lowest BCUT2D eigenvalue weighted by molar-refractivity contribution is -0.287. The molecule has 0 radical (unpaired) electrons. The fourth-order valence-electron chi connectivity index (χ4n) is 10.2. The summed E-state index contributed by atoms with van der Waals surface area (Å²) in [5.41, 5.74) is 4.75. The molecule has 73 heavy (non-hydrogen) atoms. The zero-order valence-corrected chi connectivity index (χ0v) is 42.0. The lowest BCUT2D eigenvalue weighted by Crippen LogP contribution is -2.28. The van der Waals surface area contributed by atoms with E-state index >= 15 is 0 Å². The minimum absolute atomic E-state index is 0.0299. The SMILES string of the molecule is CC(C)(C)c1cc2cc(NC(=O)C3(c4ccc5c(c4)OC(F)(F)O5)CC3)ccc2n1C[C@@H](O)CO.CC1(C)OC[C@@H](Cn2c(C(C)(C)C)cc3cc(NC(=O)C4(c5ccc6c(c5)OC(F)(F)O6)CC4)ccc32)O1.